The molecule has 0 saturated heterocycles. The molecule has 1 unspecified atom stereocenters. The summed E-state index contributed by atoms with van der Waals surface area (Å²) in [5.74, 6) is -3.43. The van der Waals surface area contributed by atoms with E-state index in [2.05, 4.69) is 10.3 Å². The van der Waals surface area contributed by atoms with Crippen molar-refractivity contribution in [3.05, 3.63) is 57.5 Å². The molecule has 0 radical (unpaired) electrons. The van der Waals surface area contributed by atoms with Crippen LogP contribution in [0.1, 0.15) is 27.9 Å². The molecule has 0 fully saturated rings. The SMILES string of the molecule is CN(C)CC1c2nc(C(=O)NCc3ccc(F)cc3)c(O)c(=O)n2CCN1C(=O)C(=O)N(C)C. The Morgan fingerprint density at radius 2 is 1.79 bits per heavy atom. The highest BCUT2D eigenvalue weighted by molar-refractivity contribution is 6.34. The molecule has 1 aliphatic rings. The molecule has 0 aliphatic carbocycles. The Hall–Kier alpha value is -3.80. The van der Waals surface area contributed by atoms with Crippen molar-refractivity contribution in [1.29, 1.82) is 0 Å². The standard InChI is InChI=1S/C22H27FN6O5/c1-26(2)12-15-18-25-16(19(31)24-11-13-5-7-14(23)8-6-13)17(30)20(32)29(18)10-9-28(15)22(34)21(33)27(3)4/h5-8,15,30H,9-12H2,1-4H3,(H,24,31). The lowest BCUT2D eigenvalue weighted by Crippen LogP contribution is -2.53. The van der Waals surface area contributed by atoms with Crippen molar-refractivity contribution < 1.29 is 23.9 Å². The average Bonchev–Trinajstić information content (AvgIpc) is 2.79. The van der Waals surface area contributed by atoms with Crippen LogP contribution in [0.25, 0.3) is 0 Å². The molecule has 182 valence electrons. The Labute approximate surface area is 195 Å². The summed E-state index contributed by atoms with van der Waals surface area (Å²) in [5.41, 5.74) is -0.699. The summed E-state index contributed by atoms with van der Waals surface area (Å²) in [4.78, 5) is 59.3. The number of fused-ring (bicyclic) bond motifs is 1. The summed E-state index contributed by atoms with van der Waals surface area (Å²) in [6.45, 7) is 0.297. The second kappa shape index (κ2) is 10.00. The monoisotopic (exact) mass is 474 g/mol. The predicted octanol–water partition coefficient (Wildman–Crippen LogP) is -0.449. The summed E-state index contributed by atoms with van der Waals surface area (Å²) in [6, 6.07) is 4.66. The van der Waals surface area contributed by atoms with E-state index in [-0.39, 0.29) is 32.0 Å². The van der Waals surface area contributed by atoms with Gasteiger partial charge in [-0.25, -0.2) is 9.37 Å². The normalized spacial score (nSPS) is 15.1. The van der Waals surface area contributed by atoms with Crippen molar-refractivity contribution in [2.75, 3.05) is 41.3 Å². The van der Waals surface area contributed by atoms with Gasteiger partial charge in [0.05, 0.1) is 0 Å². The first kappa shape index (κ1) is 24.8. The molecule has 34 heavy (non-hydrogen) atoms. The number of rotatable bonds is 5. The van der Waals surface area contributed by atoms with Crippen LogP contribution in [0.3, 0.4) is 0 Å². The number of aromatic hydroxyl groups is 1. The van der Waals surface area contributed by atoms with E-state index in [0.717, 1.165) is 4.90 Å². The van der Waals surface area contributed by atoms with Crippen molar-refractivity contribution in [1.82, 2.24) is 29.6 Å². The molecule has 3 amide bonds. The molecule has 0 spiro atoms. The van der Waals surface area contributed by atoms with Gasteiger partial charge in [0.2, 0.25) is 5.75 Å². The van der Waals surface area contributed by atoms with Gasteiger partial charge in [0.15, 0.2) is 5.69 Å². The van der Waals surface area contributed by atoms with E-state index < -0.39 is 46.6 Å². The average molecular weight is 474 g/mol. The zero-order chi connectivity index (χ0) is 25.2. The Bertz CT molecular complexity index is 1160. The van der Waals surface area contributed by atoms with Crippen LogP contribution in [0.4, 0.5) is 4.39 Å². The molecule has 2 heterocycles. The zero-order valence-electron chi connectivity index (χ0n) is 19.4. The predicted molar refractivity (Wildman–Crippen MR) is 119 cm³/mol. The van der Waals surface area contributed by atoms with Gasteiger partial charge in [-0.1, -0.05) is 12.1 Å². The minimum atomic E-state index is -0.813. The number of nitrogens with one attached hydrogen (secondary N) is 1. The Morgan fingerprint density at radius 3 is 2.38 bits per heavy atom. The minimum absolute atomic E-state index is 0.00256. The smallest absolute Gasteiger partial charge is 0.312 e. The van der Waals surface area contributed by atoms with Crippen molar-refractivity contribution in [3.63, 3.8) is 0 Å². The summed E-state index contributed by atoms with van der Waals surface area (Å²) in [6.07, 6.45) is 0. The summed E-state index contributed by atoms with van der Waals surface area (Å²) in [5, 5.41) is 13.0. The largest absolute Gasteiger partial charge is 0.501 e. The van der Waals surface area contributed by atoms with Gasteiger partial charge in [-0.05, 0) is 31.8 Å². The van der Waals surface area contributed by atoms with E-state index in [0.29, 0.717) is 5.56 Å². The van der Waals surface area contributed by atoms with Crippen molar-refractivity contribution in [2.24, 2.45) is 0 Å². The van der Waals surface area contributed by atoms with Crippen LogP contribution in [0.2, 0.25) is 0 Å². The van der Waals surface area contributed by atoms with Gasteiger partial charge >= 0.3 is 11.8 Å². The van der Waals surface area contributed by atoms with Crippen molar-refractivity contribution >= 4 is 17.7 Å². The zero-order valence-corrected chi connectivity index (χ0v) is 19.4. The first-order valence-electron chi connectivity index (χ1n) is 10.5. The van der Waals surface area contributed by atoms with Crippen LogP contribution >= 0.6 is 0 Å². The number of nitrogens with zero attached hydrogens (tertiary/aromatic N) is 5. The highest BCUT2D eigenvalue weighted by Gasteiger charge is 2.38. The van der Waals surface area contributed by atoms with Gasteiger partial charge in [-0.2, -0.15) is 0 Å². The van der Waals surface area contributed by atoms with Crippen LogP contribution in [0.5, 0.6) is 5.75 Å². The van der Waals surface area contributed by atoms with E-state index in [9.17, 15) is 28.7 Å². The first-order chi connectivity index (χ1) is 16.0. The summed E-state index contributed by atoms with van der Waals surface area (Å²) in [7, 11) is 6.43. The summed E-state index contributed by atoms with van der Waals surface area (Å²) < 4.78 is 14.3. The molecule has 11 nitrogen and oxygen atoms in total. The lowest BCUT2D eigenvalue weighted by molar-refractivity contribution is -0.153. The number of carbonyl (C=O) groups is 3. The van der Waals surface area contributed by atoms with E-state index in [1.807, 2.05) is 0 Å². The van der Waals surface area contributed by atoms with Gasteiger partial charge in [0.25, 0.3) is 11.5 Å². The molecule has 0 saturated carbocycles. The molecule has 2 aromatic rings. The third-order valence-corrected chi connectivity index (χ3v) is 5.38. The lowest BCUT2D eigenvalue weighted by atomic mass is 10.1. The lowest BCUT2D eigenvalue weighted by Gasteiger charge is -2.38. The van der Waals surface area contributed by atoms with Crippen molar-refractivity contribution in [2.45, 2.75) is 19.1 Å². The Balaban J connectivity index is 1.97. The molecule has 1 aliphatic heterocycles. The molecule has 1 aromatic carbocycles. The van der Waals surface area contributed by atoms with Crippen LogP contribution in [0.15, 0.2) is 29.1 Å². The van der Waals surface area contributed by atoms with E-state index in [4.69, 9.17) is 0 Å². The maximum absolute atomic E-state index is 13.1. The fraction of sp³-hybridized carbons (Fsp3) is 0.409. The number of hydrogen-bond donors (Lipinski definition) is 2. The van der Waals surface area contributed by atoms with Crippen LogP contribution in [-0.4, -0.2) is 88.4 Å². The van der Waals surface area contributed by atoms with Crippen molar-refractivity contribution in [3.8, 4) is 5.75 Å². The van der Waals surface area contributed by atoms with E-state index in [1.54, 1.807) is 19.0 Å². The number of carbonyl (C=O) groups excluding carboxylic acids is 3. The van der Waals surface area contributed by atoms with Gasteiger partial charge in [-0.15, -0.1) is 0 Å². The first-order valence-corrected chi connectivity index (χ1v) is 10.5. The molecular formula is C22H27FN6O5. The second-order valence-corrected chi connectivity index (χ2v) is 8.41. The highest BCUT2D eigenvalue weighted by Crippen LogP contribution is 2.26. The van der Waals surface area contributed by atoms with Crippen LogP contribution in [-0.2, 0) is 22.7 Å². The maximum Gasteiger partial charge on any atom is 0.312 e. The molecule has 0 bridgehead atoms. The molecular weight excluding hydrogens is 447 g/mol. The number of likely N-dealkylation sites (N-methyl/N-ethyl adjacent to an activating group) is 2. The fourth-order valence-electron chi connectivity index (χ4n) is 3.64. The third kappa shape index (κ3) is 5.06. The number of halogens is 1. The maximum atomic E-state index is 13.1. The van der Waals surface area contributed by atoms with Gasteiger partial charge < -0.3 is 25.1 Å². The molecule has 1 atom stereocenters. The number of hydrogen-bond acceptors (Lipinski definition) is 7. The van der Waals surface area contributed by atoms with E-state index in [1.165, 1.54) is 47.8 Å². The number of amides is 3. The number of benzene rings is 1. The quantitative estimate of drug-likeness (QED) is 0.562. The van der Waals surface area contributed by atoms with Gasteiger partial charge in [0.1, 0.15) is 17.7 Å². The molecule has 2 N–H and O–H groups in total. The third-order valence-electron chi connectivity index (χ3n) is 5.38. The Kier molecular flexibility index (Phi) is 7.30. The summed E-state index contributed by atoms with van der Waals surface area (Å²) >= 11 is 0. The topological polar surface area (TPSA) is 128 Å². The fourth-order valence-corrected chi connectivity index (χ4v) is 3.64. The Morgan fingerprint density at radius 1 is 1.15 bits per heavy atom. The molecule has 12 heteroatoms. The van der Waals surface area contributed by atoms with E-state index >= 15 is 0 Å². The second-order valence-electron chi connectivity index (χ2n) is 8.41. The van der Waals surface area contributed by atoms with Gasteiger partial charge in [0, 0.05) is 40.3 Å². The molecule has 3 rings (SSSR count). The van der Waals surface area contributed by atoms with Gasteiger partial charge in [-0.3, -0.25) is 23.7 Å². The highest BCUT2D eigenvalue weighted by atomic mass is 19.1. The number of aromatic nitrogens is 2. The van der Waals surface area contributed by atoms with Crippen LogP contribution < -0.4 is 10.9 Å². The minimum Gasteiger partial charge on any atom is -0.501 e. The molecule has 1 aromatic heterocycles. The van der Waals surface area contributed by atoms with Crippen LogP contribution in [0, 0.1) is 5.82 Å².